The molecule has 3 nitrogen and oxygen atoms in total. The first-order valence-electron chi connectivity index (χ1n) is 5.13. The quantitative estimate of drug-likeness (QED) is 0.677. The van der Waals surface area contributed by atoms with E-state index in [0.717, 1.165) is 26.1 Å². The molecule has 1 aromatic heterocycles. The number of hydrogen-bond acceptors (Lipinski definition) is 3. The maximum atomic E-state index is 5.32. The maximum Gasteiger partial charge on any atom is 0.0935 e. The van der Waals surface area contributed by atoms with E-state index < -0.39 is 0 Å². The second-order valence-corrected chi connectivity index (χ2v) is 3.31. The van der Waals surface area contributed by atoms with Crippen molar-refractivity contribution in [1.29, 1.82) is 0 Å². The van der Waals surface area contributed by atoms with Gasteiger partial charge in [0.1, 0.15) is 0 Å². The standard InChI is InChI=1S/C11H19NO2/c1-3-13-7-5-11(12-2)8-10-4-6-14-9-10/h4,6,9,11-12H,3,5,7-8H2,1-2H3. The Morgan fingerprint density at radius 2 is 2.43 bits per heavy atom. The van der Waals surface area contributed by atoms with Gasteiger partial charge in [-0.2, -0.15) is 0 Å². The summed E-state index contributed by atoms with van der Waals surface area (Å²) in [6.07, 6.45) is 5.55. The Labute approximate surface area is 85.4 Å². The van der Waals surface area contributed by atoms with Crippen molar-refractivity contribution < 1.29 is 9.15 Å². The Balaban J connectivity index is 2.24. The third-order valence-corrected chi connectivity index (χ3v) is 2.29. The number of ether oxygens (including phenoxy) is 1. The van der Waals surface area contributed by atoms with Gasteiger partial charge in [0.15, 0.2) is 0 Å². The van der Waals surface area contributed by atoms with E-state index in [9.17, 15) is 0 Å². The predicted molar refractivity (Wildman–Crippen MR) is 56.4 cm³/mol. The van der Waals surface area contributed by atoms with Gasteiger partial charge in [0, 0.05) is 19.3 Å². The SMILES string of the molecule is CCOCCC(Cc1ccoc1)NC. The van der Waals surface area contributed by atoms with Crippen LogP contribution in [0.4, 0.5) is 0 Å². The molecule has 1 unspecified atom stereocenters. The fraction of sp³-hybridized carbons (Fsp3) is 0.636. The molecule has 0 aliphatic carbocycles. The summed E-state index contributed by atoms with van der Waals surface area (Å²) >= 11 is 0. The predicted octanol–water partition coefficient (Wildman–Crippen LogP) is 1.84. The molecule has 0 bridgehead atoms. The van der Waals surface area contributed by atoms with Crippen molar-refractivity contribution in [3.8, 4) is 0 Å². The lowest BCUT2D eigenvalue weighted by molar-refractivity contribution is 0.137. The van der Waals surface area contributed by atoms with Crippen LogP contribution in [0.2, 0.25) is 0 Å². The summed E-state index contributed by atoms with van der Waals surface area (Å²) < 4.78 is 10.3. The number of furan rings is 1. The fourth-order valence-corrected chi connectivity index (χ4v) is 1.41. The summed E-state index contributed by atoms with van der Waals surface area (Å²) in [5.74, 6) is 0. The van der Waals surface area contributed by atoms with Crippen LogP contribution in [0.3, 0.4) is 0 Å². The highest BCUT2D eigenvalue weighted by Gasteiger charge is 2.07. The van der Waals surface area contributed by atoms with Gasteiger partial charge in [0.25, 0.3) is 0 Å². The summed E-state index contributed by atoms with van der Waals surface area (Å²) in [7, 11) is 1.98. The lowest BCUT2D eigenvalue weighted by Gasteiger charge is -2.14. The van der Waals surface area contributed by atoms with Gasteiger partial charge in [-0.05, 0) is 38.4 Å². The fourth-order valence-electron chi connectivity index (χ4n) is 1.41. The van der Waals surface area contributed by atoms with E-state index in [1.807, 2.05) is 20.0 Å². The van der Waals surface area contributed by atoms with E-state index in [0.29, 0.717) is 6.04 Å². The molecule has 0 saturated heterocycles. The highest BCUT2D eigenvalue weighted by molar-refractivity contribution is 5.07. The van der Waals surface area contributed by atoms with Crippen LogP contribution in [-0.2, 0) is 11.2 Å². The molecule has 0 aliphatic rings. The van der Waals surface area contributed by atoms with Crippen molar-refractivity contribution >= 4 is 0 Å². The van der Waals surface area contributed by atoms with E-state index in [2.05, 4.69) is 5.32 Å². The molecule has 1 N–H and O–H groups in total. The van der Waals surface area contributed by atoms with Crippen LogP contribution in [0, 0.1) is 0 Å². The molecule has 0 amide bonds. The molecule has 14 heavy (non-hydrogen) atoms. The van der Waals surface area contributed by atoms with Gasteiger partial charge in [0.05, 0.1) is 12.5 Å². The first-order chi connectivity index (χ1) is 6.86. The number of hydrogen-bond donors (Lipinski definition) is 1. The van der Waals surface area contributed by atoms with Crippen molar-refractivity contribution in [3.05, 3.63) is 24.2 Å². The number of likely N-dealkylation sites (N-methyl/N-ethyl adjacent to an activating group) is 1. The summed E-state index contributed by atoms with van der Waals surface area (Å²) in [4.78, 5) is 0. The second kappa shape index (κ2) is 6.62. The molecule has 0 radical (unpaired) electrons. The Bertz CT molecular complexity index is 221. The Morgan fingerprint density at radius 1 is 1.57 bits per heavy atom. The minimum absolute atomic E-state index is 0.471. The molecule has 3 heteroatoms. The van der Waals surface area contributed by atoms with Crippen LogP contribution in [-0.4, -0.2) is 26.3 Å². The molecule has 0 fully saturated rings. The van der Waals surface area contributed by atoms with Gasteiger partial charge in [0.2, 0.25) is 0 Å². The van der Waals surface area contributed by atoms with Crippen LogP contribution in [0.5, 0.6) is 0 Å². The average Bonchev–Trinajstić information content (AvgIpc) is 2.69. The normalized spacial score (nSPS) is 13.0. The van der Waals surface area contributed by atoms with Crippen molar-refractivity contribution in [2.45, 2.75) is 25.8 Å². The van der Waals surface area contributed by atoms with E-state index >= 15 is 0 Å². The highest BCUT2D eigenvalue weighted by atomic mass is 16.5. The van der Waals surface area contributed by atoms with Crippen molar-refractivity contribution in [1.82, 2.24) is 5.32 Å². The molecule has 1 heterocycles. The van der Waals surface area contributed by atoms with Crippen molar-refractivity contribution in [2.24, 2.45) is 0 Å². The number of rotatable bonds is 7. The second-order valence-electron chi connectivity index (χ2n) is 3.31. The zero-order chi connectivity index (χ0) is 10.2. The van der Waals surface area contributed by atoms with Gasteiger partial charge in [-0.25, -0.2) is 0 Å². The molecule has 1 rings (SSSR count). The summed E-state index contributed by atoms with van der Waals surface area (Å²) in [6, 6.07) is 2.48. The molecule has 0 aromatic carbocycles. The van der Waals surface area contributed by atoms with Gasteiger partial charge in [-0.15, -0.1) is 0 Å². The van der Waals surface area contributed by atoms with Crippen LogP contribution < -0.4 is 5.32 Å². The lowest BCUT2D eigenvalue weighted by atomic mass is 10.1. The van der Waals surface area contributed by atoms with Crippen LogP contribution in [0.1, 0.15) is 18.9 Å². The molecule has 80 valence electrons. The average molecular weight is 197 g/mol. The van der Waals surface area contributed by atoms with Crippen LogP contribution >= 0.6 is 0 Å². The molecule has 1 atom stereocenters. The zero-order valence-corrected chi connectivity index (χ0v) is 8.95. The van der Waals surface area contributed by atoms with Crippen molar-refractivity contribution in [3.63, 3.8) is 0 Å². The maximum absolute atomic E-state index is 5.32. The van der Waals surface area contributed by atoms with Gasteiger partial charge >= 0.3 is 0 Å². The first kappa shape index (κ1) is 11.3. The molecule has 1 aromatic rings. The summed E-state index contributed by atoms with van der Waals surface area (Å²) in [5.41, 5.74) is 1.24. The minimum Gasteiger partial charge on any atom is -0.472 e. The van der Waals surface area contributed by atoms with E-state index in [1.165, 1.54) is 5.56 Å². The topological polar surface area (TPSA) is 34.4 Å². The van der Waals surface area contributed by atoms with Crippen LogP contribution in [0.15, 0.2) is 23.0 Å². The van der Waals surface area contributed by atoms with Gasteiger partial charge in [-0.3, -0.25) is 0 Å². The Kier molecular flexibility index (Phi) is 5.33. The number of nitrogens with one attached hydrogen (secondary N) is 1. The summed E-state index contributed by atoms with van der Waals surface area (Å²) in [5, 5.41) is 3.28. The van der Waals surface area contributed by atoms with E-state index in [4.69, 9.17) is 9.15 Å². The Hall–Kier alpha value is -0.800. The Morgan fingerprint density at radius 3 is 3.00 bits per heavy atom. The third-order valence-electron chi connectivity index (χ3n) is 2.29. The zero-order valence-electron chi connectivity index (χ0n) is 8.95. The largest absolute Gasteiger partial charge is 0.472 e. The monoisotopic (exact) mass is 197 g/mol. The van der Waals surface area contributed by atoms with Crippen LogP contribution in [0.25, 0.3) is 0 Å². The first-order valence-corrected chi connectivity index (χ1v) is 5.13. The molecule has 0 aliphatic heterocycles. The lowest BCUT2D eigenvalue weighted by Crippen LogP contribution is -2.28. The third kappa shape index (κ3) is 3.94. The molecular formula is C11H19NO2. The van der Waals surface area contributed by atoms with Gasteiger partial charge in [-0.1, -0.05) is 0 Å². The highest BCUT2D eigenvalue weighted by Crippen LogP contribution is 2.06. The van der Waals surface area contributed by atoms with E-state index in [1.54, 1.807) is 12.5 Å². The summed E-state index contributed by atoms with van der Waals surface area (Å²) in [6.45, 7) is 3.63. The van der Waals surface area contributed by atoms with E-state index in [-0.39, 0.29) is 0 Å². The molecule has 0 spiro atoms. The molecular weight excluding hydrogens is 178 g/mol. The van der Waals surface area contributed by atoms with Gasteiger partial charge < -0.3 is 14.5 Å². The molecule has 0 saturated carbocycles. The minimum atomic E-state index is 0.471. The smallest absolute Gasteiger partial charge is 0.0935 e. The van der Waals surface area contributed by atoms with Crippen molar-refractivity contribution in [2.75, 3.05) is 20.3 Å².